The van der Waals surface area contributed by atoms with Crippen molar-refractivity contribution in [2.45, 2.75) is 13.8 Å². The van der Waals surface area contributed by atoms with Gasteiger partial charge in [-0.25, -0.2) is 0 Å². The molecule has 2 amide bonds. The number of benzene rings is 1. The molecule has 0 unspecified atom stereocenters. The lowest BCUT2D eigenvalue weighted by atomic mass is 10.1. The first-order valence-corrected chi connectivity index (χ1v) is 8.55. The van der Waals surface area contributed by atoms with Crippen LogP contribution in [-0.4, -0.2) is 43.0 Å². The zero-order valence-corrected chi connectivity index (χ0v) is 15.0. The Morgan fingerprint density at radius 2 is 1.88 bits per heavy atom. The number of amides is 2. The highest BCUT2D eigenvalue weighted by Gasteiger charge is 2.23. The van der Waals surface area contributed by atoms with Crippen LogP contribution in [0.4, 0.5) is 0 Å². The third kappa shape index (κ3) is 4.21. The van der Waals surface area contributed by atoms with Crippen LogP contribution in [0.1, 0.15) is 27.2 Å². The number of aryl methyl sites for hydroxylation is 2. The van der Waals surface area contributed by atoms with Gasteiger partial charge in [-0.1, -0.05) is 6.07 Å². The van der Waals surface area contributed by atoms with Gasteiger partial charge < -0.3 is 19.4 Å². The molecule has 0 spiro atoms. The number of carbonyl (C=O) groups is 2. The second-order valence-electron chi connectivity index (χ2n) is 6.23. The van der Waals surface area contributed by atoms with Crippen LogP contribution in [0.3, 0.4) is 0 Å². The van der Waals surface area contributed by atoms with Crippen molar-refractivity contribution in [1.29, 1.82) is 0 Å². The molecule has 0 atom stereocenters. The minimum absolute atomic E-state index is 0.185. The average Bonchev–Trinajstić information content (AvgIpc) is 3.16. The van der Waals surface area contributed by atoms with Gasteiger partial charge in [0.05, 0.1) is 19.5 Å². The predicted molar refractivity (Wildman–Crippen MR) is 97.5 cm³/mol. The molecule has 1 saturated heterocycles. The molecule has 0 saturated carbocycles. The molecule has 1 aliphatic heterocycles. The summed E-state index contributed by atoms with van der Waals surface area (Å²) in [5.41, 5.74) is 2.82. The summed E-state index contributed by atoms with van der Waals surface area (Å²) < 4.78 is 10.6. The van der Waals surface area contributed by atoms with Crippen LogP contribution in [0.25, 0.3) is 6.08 Å². The summed E-state index contributed by atoms with van der Waals surface area (Å²) in [6.45, 7) is 5.91. The number of hydrogen-bond acceptors (Lipinski definition) is 4. The van der Waals surface area contributed by atoms with Gasteiger partial charge in [-0.2, -0.15) is 0 Å². The van der Waals surface area contributed by atoms with Crippen molar-refractivity contribution >= 4 is 17.9 Å². The first kappa shape index (κ1) is 17.9. The summed E-state index contributed by atoms with van der Waals surface area (Å²) in [6.07, 6.45) is 3.07. The first-order valence-electron chi connectivity index (χ1n) is 8.55. The van der Waals surface area contributed by atoms with Gasteiger partial charge in [0.2, 0.25) is 0 Å². The van der Waals surface area contributed by atoms with E-state index < -0.39 is 0 Å². The minimum atomic E-state index is -0.326. The van der Waals surface area contributed by atoms with Crippen molar-refractivity contribution in [3.8, 4) is 0 Å². The van der Waals surface area contributed by atoms with E-state index in [4.69, 9.17) is 9.15 Å². The van der Waals surface area contributed by atoms with Gasteiger partial charge >= 0.3 is 0 Å². The van der Waals surface area contributed by atoms with Crippen molar-refractivity contribution in [3.05, 3.63) is 64.7 Å². The van der Waals surface area contributed by atoms with E-state index in [1.54, 1.807) is 29.2 Å². The van der Waals surface area contributed by atoms with E-state index in [0.717, 1.165) is 11.1 Å². The third-order valence-electron chi connectivity index (χ3n) is 4.38. The SMILES string of the molecule is Cc1ccc(C(=O)NC(=Cc2ccco2)C(=O)N2CCOCC2)cc1C. The summed E-state index contributed by atoms with van der Waals surface area (Å²) in [5.74, 6) is -0.0728. The smallest absolute Gasteiger partial charge is 0.270 e. The van der Waals surface area contributed by atoms with Gasteiger partial charge in [0.1, 0.15) is 11.5 Å². The molecule has 1 aromatic heterocycles. The maximum Gasteiger partial charge on any atom is 0.270 e. The molecule has 0 aliphatic carbocycles. The fraction of sp³-hybridized carbons (Fsp3) is 0.300. The van der Waals surface area contributed by atoms with Crippen molar-refractivity contribution in [2.75, 3.05) is 26.3 Å². The molecule has 6 nitrogen and oxygen atoms in total. The van der Waals surface area contributed by atoms with Crippen molar-refractivity contribution in [3.63, 3.8) is 0 Å². The van der Waals surface area contributed by atoms with Gasteiger partial charge in [0.15, 0.2) is 0 Å². The van der Waals surface area contributed by atoms with Crippen LogP contribution >= 0.6 is 0 Å². The molecule has 1 N–H and O–H groups in total. The van der Waals surface area contributed by atoms with E-state index >= 15 is 0 Å². The van der Waals surface area contributed by atoms with Gasteiger partial charge in [0.25, 0.3) is 11.8 Å². The van der Waals surface area contributed by atoms with Crippen molar-refractivity contribution in [1.82, 2.24) is 10.2 Å². The number of ether oxygens (including phenoxy) is 1. The standard InChI is InChI=1S/C20H22N2O4/c1-14-5-6-16(12-15(14)2)19(23)21-18(13-17-4-3-9-26-17)20(24)22-7-10-25-11-8-22/h3-6,9,12-13H,7-8,10-11H2,1-2H3,(H,21,23). The molecule has 1 aromatic carbocycles. The lowest BCUT2D eigenvalue weighted by Crippen LogP contribution is -2.44. The monoisotopic (exact) mass is 354 g/mol. The molecule has 0 radical (unpaired) electrons. The molecule has 2 aromatic rings. The van der Waals surface area contributed by atoms with Crippen LogP contribution in [0.15, 0.2) is 46.7 Å². The highest BCUT2D eigenvalue weighted by molar-refractivity contribution is 6.05. The molecular formula is C20H22N2O4. The summed E-state index contributed by atoms with van der Waals surface area (Å²) in [4.78, 5) is 27.2. The Morgan fingerprint density at radius 3 is 2.54 bits per heavy atom. The zero-order valence-electron chi connectivity index (χ0n) is 15.0. The normalized spacial score (nSPS) is 15.0. The van der Waals surface area contributed by atoms with E-state index in [1.807, 2.05) is 26.0 Å². The highest BCUT2D eigenvalue weighted by atomic mass is 16.5. The molecular weight excluding hydrogens is 332 g/mol. The molecule has 26 heavy (non-hydrogen) atoms. The van der Waals surface area contributed by atoms with Crippen LogP contribution in [0.2, 0.25) is 0 Å². The van der Waals surface area contributed by atoms with Gasteiger partial charge in [-0.3, -0.25) is 9.59 Å². The summed E-state index contributed by atoms with van der Waals surface area (Å²) in [7, 11) is 0. The van der Waals surface area contributed by atoms with E-state index in [1.165, 1.54) is 6.26 Å². The second kappa shape index (κ2) is 8.01. The quantitative estimate of drug-likeness (QED) is 0.857. The number of nitrogens with one attached hydrogen (secondary N) is 1. The average molecular weight is 354 g/mol. The van der Waals surface area contributed by atoms with Crippen LogP contribution in [-0.2, 0) is 9.53 Å². The van der Waals surface area contributed by atoms with E-state index in [9.17, 15) is 9.59 Å². The molecule has 136 valence electrons. The number of rotatable bonds is 4. The topological polar surface area (TPSA) is 71.8 Å². The largest absolute Gasteiger partial charge is 0.465 e. The van der Waals surface area contributed by atoms with Gasteiger partial charge in [-0.15, -0.1) is 0 Å². The van der Waals surface area contributed by atoms with Crippen molar-refractivity contribution in [2.24, 2.45) is 0 Å². The molecule has 1 fully saturated rings. The number of morpholine rings is 1. The fourth-order valence-electron chi connectivity index (χ4n) is 2.68. The number of nitrogens with zero attached hydrogens (tertiary/aromatic N) is 1. The highest BCUT2D eigenvalue weighted by Crippen LogP contribution is 2.13. The molecule has 3 rings (SSSR count). The Labute approximate surface area is 152 Å². The fourth-order valence-corrected chi connectivity index (χ4v) is 2.68. The maximum absolute atomic E-state index is 12.9. The minimum Gasteiger partial charge on any atom is -0.465 e. The van der Waals surface area contributed by atoms with Gasteiger partial charge in [0, 0.05) is 24.7 Å². The van der Waals surface area contributed by atoms with E-state index in [-0.39, 0.29) is 17.5 Å². The lowest BCUT2D eigenvalue weighted by Gasteiger charge is -2.27. The predicted octanol–water partition coefficient (Wildman–Crippen LogP) is 2.53. The molecule has 0 bridgehead atoms. The number of hydrogen-bond donors (Lipinski definition) is 1. The van der Waals surface area contributed by atoms with Crippen LogP contribution in [0.5, 0.6) is 0 Å². The van der Waals surface area contributed by atoms with Crippen LogP contribution < -0.4 is 5.32 Å². The van der Waals surface area contributed by atoms with Crippen molar-refractivity contribution < 1.29 is 18.7 Å². The number of furan rings is 1. The second-order valence-corrected chi connectivity index (χ2v) is 6.23. The van der Waals surface area contributed by atoms with Gasteiger partial charge in [-0.05, 0) is 49.2 Å². The summed E-state index contributed by atoms with van der Waals surface area (Å²) in [6, 6.07) is 8.92. The number of carbonyl (C=O) groups excluding carboxylic acids is 2. The Morgan fingerprint density at radius 1 is 1.12 bits per heavy atom. The zero-order chi connectivity index (χ0) is 18.5. The molecule has 6 heteroatoms. The van der Waals surface area contributed by atoms with E-state index in [0.29, 0.717) is 37.6 Å². The Balaban J connectivity index is 1.84. The summed E-state index contributed by atoms with van der Waals surface area (Å²) >= 11 is 0. The lowest BCUT2D eigenvalue weighted by molar-refractivity contribution is -0.131. The molecule has 1 aliphatic rings. The summed E-state index contributed by atoms with van der Waals surface area (Å²) in [5, 5.41) is 2.75. The van der Waals surface area contributed by atoms with E-state index in [2.05, 4.69) is 5.32 Å². The maximum atomic E-state index is 12.9. The third-order valence-corrected chi connectivity index (χ3v) is 4.38. The first-order chi connectivity index (χ1) is 12.5. The Bertz CT molecular complexity index is 818. The Kier molecular flexibility index (Phi) is 5.53. The van der Waals surface area contributed by atoms with Crippen LogP contribution in [0, 0.1) is 13.8 Å². The Hall–Kier alpha value is -2.86. The molecule has 2 heterocycles.